The van der Waals surface area contributed by atoms with Crippen LogP contribution >= 0.6 is 11.6 Å². The van der Waals surface area contributed by atoms with Gasteiger partial charge in [0.25, 0.3) is 5.69 Å². The molecule has 23 heavy (non-hydrogen) atoms. The Labute approximate surface area is 137 Å². The second kappa shape index (κ2) is 5.98. The molecule has 0 saturated carbocycles. The number of hydrogen-bond donors (Lipinski definition) is 0. The first-order chi connectivity index (χ1) is 11.0. The number of nitro groups is 1. The van der Waals surface area contributed by atoms with E-state index in [9.17, 15) is 14.9 Å². The van der Waals surface area contributed by atoms with Gasteiger partial charge in [-0.05, 0) is 36.4 Å². The Hall–Kier alpha value is -2.44. The second-order valence-electron chi connectivity index (χ2n) is 5.33. The summed E-state index contributed by atoms with van der Waals surface area (Å²) in [6.07, 6.45) is 0.916. The van der Waals surface area contributed by atoms with Crippen molar-refractivity contribution in [1.29, 1.82) is 0 Å². The van der Waals surface area contributed by atoms with Crippen LogP contribution < -0.4 is 4.74 Å². The molecule has 6 nitrogen and oxygen atoms in total. The second-order valence-corrected chi connectivity index (χ2v) is 5.74. The Morgan fingerprint density at radius 2 is 2.13 bits per heavy atom. The first-order valence-electron chi connectivity index (χ1n) is 6.89. The minimum Gasteiger partial charge on any atom is -0.456 e. The molecule has 0 saturated heterocycles. The van der Waals surface area contributed by atoms with Crippen molar-refractivity contribution in [3.05, 3.63) is 62.7 Å². The van der Waals surface area contributed by atoms with E-state index in [2.05, 4.69) is 0 Å². The van der Waals surface area contributed by atoms with Crippen LogP contribution in [-0.4, -0.2) is 23.2 Å². The summed E-state index contributed by atoms with van der Waals surface area (Å²) in [5.41, 5.74) is 1.89. The van der Waals surface area contributed by atoms with Gasteiger partial charge >= 0.3 is 0 Å². The van der Waals surface area contributed by atoms with Gasteiger partial charge in [0.05, 0.1) is 16.0 Å². The zero-order valence-corrected chi connectivity index (χ0v) is 13.0. The Morgan fingerprint density at radius 1 is 1.35 bits per heavy atom. The van der Waals surface area contributed by atoms with Gasteiger partial charge in [0.1, 0.15) is 17.8 Å². The number of carbonyl (C=O) groups is 1. The summed E-state index contributed by atoms with van der Waals surface area (Å²) in [6.45, 7) is 0.657. The van der Waals surface area contributed by atoms with Crippen molar-refractivity contribution in [2.45, 2.75) is 12.6 Å². The number of ether oxygens (including phenoxy) is 1. The first kappa shape index (κ1) is 15.5. The lowest BCUT2D eigenvalue weighted by atomic mass is 10.1. The van der Waals surface area contributed by atoms with Crippen molar-refractivity contribution in [2.24, 2.45) is 0 Å². The van der Waals surface area contributed by atoms with E-state index in [1.807, 2.05) is 24.1 Å². The van der Waals surface area contributed by atoms with Crippen molar-refractivity contribution in [2.75, 3.05) is 7.05 Å². The van der Waals surface area contributed by atoms with E-state index in [4.69, 9.17) is 16.3 Å². The predicted molar refractivity (Wildman–Crippen MR) is 84.9 cm³/mol. The monoisotopic (exact) mass is 332 g/mol. The Kier molecular flexibility index (Phi) is 4.02. The number of rotatable bonds is 4. The van der Waals surface area contributed by atoms with Gasteiger partial charge in [0.15, 0.2) is 0 Å². The molecule has 0 radical (unpaired) electrons. The van der Waals surface area contributed by atoms with Gasteiger partial charge in [0, 0.05) is 18.7 Å². The molecule has 1 aliphatic heterocycles. The summed E-state index contributed by atoms with van der Waals surface area (Å²) in [7, 11) is 1.88. The van der Waals surface area contributed by atoms with Crippen molar-refractivity contribution in [1.82, 2.24) is 4.90 Å². The third-order valence-electron chi connectivity index (χ3n) is 3.81. The van der Waals surface area contributed by atoms with E-state index in [0.29, 0.717) is 18.0 Å². The van der Waals surface area contributed by atoms with E-state index in [1.165, 1.54) is 18.2 Å². The molecule has 2 aromatic rings. The predicted octanol–water partition coefficient (Wildman–Crippen LogP) is 3.73. The highest BCUT2D eigenvalue weighted by Crippen LogP contribution is 2.36. The van der Waals surface area contributed by atoms with Crippen LogP contribution in [0.1, 0.15) is 17.2 Å². The fraction of sp³-hybridized carbons (Fsp3) is 0.188. The molecular formula is C16H13ClN2O4. The first-order valence-corrected chi connectivity index (χ1v) is 7.27. The number of nitrogens with zero attached hydrogens (tertiary/aromatic N) is 2. The fourth-order valence-corrected chi connectivity index (χ4v) is 2.88. The average Bonchev–Trinajstić information content (AvgIpc) is 2.83. The van der Waals surface area contributed by atoms with E-state index < -0.39 is 4.92 Å². The largest absolute Gasteiger partial charge is 0.456 e. The molecular weight excluding hydrogens is 320 g/mol. The van der Waals surface area contributed by atoms with Gasteiger partial charge in [-0.15, -0.1) is 0 Å². The summed E-state index contributed by atoms with van der Waals surface area (Å²) in [5.74, 6) is 0.912. The number of aldehydes is 1. The van der Waals surface area contributed by atoms with Gasteiger partial charge in [-0.1, -0.05) is 17.7 Å². The zero-order valence-electron chi connectivity index (χ0n) is 12.2. The number of non-ortho nitro benzene ring substituents is 1. The third-order valence-corrected chi connectivity index (χ3v) is 4.11. The van der Waals surface area contributed by atoms with Crippen molar-refractivity contribution in [3.8, 4) is 11.5 Å². The van der Waals surface area contributed by atoms with Gasteiger partial charge in [-0.25, -0.2) is 0 Å². The highest BCUT2D eigenvalue weighted by Gasteiger charge is 2.27. The van der Waals surface area contributed by atoms with E-state index >= 15 is 0 Å². The summed E-state index contributed by atoms with van der Waals surface area (Å²) >= 11 is 6.03. The molecule has 1 atom stereocenters. The molecule has 7 heteroatoms. The molecule has 1 heterocycles. The third kappa shape index (κ3) is 2.91. The quantitative estimate of drug-likeness (QED) is 0.484. The minimum absolute atomic E-state index is 0.0910. The highest BCUT2D eigenvalue weighted by molar-refractivity contribution is 6.32. The van der Waals surface area contributed by atoms with Crippen LogP contribution in [0.4, 0.5) is 5.69 Å². The molecule has 0 spiro atoms. The highest BCUT2D eigenvalue weighted by atomic mass is 35.5. The van der Waals surface area contributed by atoms with Crippen LogP contribution in [0.15, 0.2) is 36.4 Å². The summed E-state index contributed by atoms with van der Waals surface area (Å²) in [5, 5.41) is 10.9. The van der Waals surface area contributed by atoms with E-state index in [1.54, 1.807) is 6.07 Å². The molecule has 0 N–H and O–H groups in total. The molecule has 0 aromatic heterocycles. The molecule has 3 rings (SSSR count). The zero-order chi connectivity index (χ0) is 16.6. The van der Waals surface area contributed by atoms with Crippen LogP contribution in [-0.2, 0) is 11.3 Å². The molecule has 1 aliphatic rings. The normalized spacial score (nSPS) is 16.9. The van der Waals surface area contributed by atoms with Gasteiger partial charge in [-0.2, -0.15) is 0 Å². The lowest BCUT2D eigenvalue weighted by Crippen LogP contribution is -2.17. The number of halogens is 1. The Balaban J connectivity index is 1.86. The maximum absolute atomic E-state index is 11.1. The number of hydrogen-bond acceptors (Lipinski definition) is 5. The number of carbonyl (C=O) groups excluding carboxylic acids is 1. The minimum atomic E-state index is -0.513. The lowest BCUT2D eigenvalue weighted by Gasteiger charge is -2.12. The molecule has 0 bridgehead atoms. The van der Waals surface area contributed by atoms with Crippen LogP contribution in [0.5, 0.6) is 11.5 Å². The Bertz CT molecular complexity index is 794. The maximum Gasteiger partial charge on any atom is 0.271 e. The average molecular weight is 333 g/mol. The molecule has 2 aromatic carbocycles. The number of nitro benzene ring substituents is 1. The standard InChI is InChI=1S/C16H13ClN2O4/c1-18-8-10-6-12(3-4-13(10)15(18)9-20)23-16-5-2-11(19(21)22)7-14(16)17/h2-7,9,15H,8H2,1H3. The number of benzene rings is 2. The van der Waals surface area contributed by atoms with Gasteiger partial charge < -0.3 is 9.53 Å². The topological polar surface area (TPSA) is 72.7 Å². The smallest absolute Gasteiger partial charge is 0.271 e. The lowest BCUT2D eigenvalue weighted by molar-refractivity contribution is -0.384. The summed E-state index contributed by atoms with van der Waals surface area (Å²) in [4.78, 5) is 23.3. The van der Waals surface area contributed by atoms with Crippen LogP contribution in [0.2, 0.25) is 5.02 Å². The van der Waals surface area contributed by atoms with Crippen LogP contribution in [0.3, 0.4) is 0 Å². The van der Waals surface area contributed by atoms with Crippen LogP contribution in [0, 0.1) is 10.1 Å². The van der Waals surface area contributed by atoms with Crippen molar-refractivity contribution >= 4 is 23.6 Å². The number of fused-ring (bicyclic) bond motifs is 1. The SMILES string of the molecule is CN1Cc2cc(Oc3ccc([N+](=O)[O-])cc3Cl)ccc2C1C=O. The van der Waals surface area contributed by atoms with E-state index in [0.717, 1.165) is 17.4 Å². The fourth-order valence-electron chi connectivity index (χ4n) is 2.67. The number of likely N-dealkylation sites (N-methyl/N-ethyl adjacent to an activating group) is 1. The Morgan fingerprint density at radius 3 is 2.78 bits per heavy atom. The van der Waals surface area contributed by atoms with Crippen LogP contribution in [0.25, 0.3) is 0 Å². The molecule has 0 aliphatic carbocycles. The molecule has 118 valence electrons. The molecule has 0 amide bonds. The van der Waals surface area contributed by atoms with Gasteiger partial charge in [0.2, 0.25) is 0 Å². The van der Waals surface area contributed by atoms with Crippen molar-refractivity contribution < 1.29 is 14.5 Å². The maximum atomic E-state index is 11.1. The van der Waals surface area contributed by atoms with Crippen molar-refractivity contribution in [3.63, 3.8) is 0 Å². The van der Waals surface area contributed by atoms with E-state index in [-0.39, 0.29) is 16.8 Å². The summed E-state index contributed by atoms with van der Waals surface area (Å²) in [6, 6.07) is 9.28. The molecule has 0 fully saturated rings. The molecule has 1 unspecified atom stereocenters. The summed E-state index contributed by atoms with van der Waals surface area (Å²) < 4.78 is 5.71. The van der Waals surface area contributed by atoms with Gasteiger partial charge in [-0.3, -0.25) is 15.0 Å².